The second kappa shape index (κ2) is 8.85. The number of carbonyl (C=O) groups excluding carboxylic acids is 1. The number of aromatic hydroxyl groups is 1. The predicted molar refractivity (Wildman–Crippen MR) is 124 cm³/mol. The molecule has 0 spiro atoms. The lowest BCUT2D eigenvalue weighted by atomic mass is 10.1. The fourth-order valence-electron chi connectivity index (χ4n) is 3.11. The lowest BCUT2D eigenvalue weighted by Crippen LogP contribution is -2.24. The highest BCUT2D eigenvalue weighted by Crippen LogP contribution is 2.39. The first kappa shape index (κ1) is 20.4. The van der Waals surface area contributed by atoms with Gasteiger partial charge in [-0.05, 0) is 43.2 Å². The molecule has 2 heterocycles. The van der Waals surface area contributed by atoms with Crippen LogP contribution in [0.4, 0.5) is 5.69 Å². The van der Waals surface area contributed by atoms with Crippen LogP contribution in [0, 0.1) is 6.92 Å². The Bertz CT molecular complexity index is 1170. The number of phenols is 1. The molecule has 0 aliphatic carbocycles. The number of hydrogen-bond donors (Lipinski definition) is 2. The molecule has 0 fully saturated rings. The van der Waals surface area contributed by atoms with E-state index in [0.717, 1.165) is 26.4 Å². The Morgan fingerprint density at radius 3 is 2.57 bits per heavy atom. The average molecular weight is 436 g/mol. The van der Waals surface area contributed by atoms with E-state index in [1.54, 1.807) is 41.9 Å². The fourth-order valence-corrected chi connectivity index (χ4v) is 5.12. The number of rotatable bonds is 6. The first-order valence-corrected chi connectivity index (χ1v) is 11.4. The van der Waals surface area contributed by atoms with Crippen LogP contribution in [0.15, 0.2) is 65.3 Å². The minimum absolute atomic E-state index is 0.0907. The average Bonchev–Trinajstić information content (AvgIpc) is 3.19. The quantitative estimate of drug-likeness (QED) is 0.225. The number of benzene rings is 2. The first-order chi connectivity index (χ1) is 14.5. The summed E-state index contributed by atoms with van der Waals surface area (Å²) in [5.74, 6) is 0.0750. The fraction of sp³-hybridized carbons (Fsp3) is 0.174. The van der Waals surface area contributed by atoms with Gasteiger partial charge in [0.1, 0.15) is 21.9 Å². The van der Waals surface area contributed by atoms with Crippen molar-refractivity contribution < 1.29 is 9.90 Å². The van der Waals surface area contributed by atoms with Crippen LogP contribution in [-0.4, -0.2) is 26.2 Å². The van der Waals surface area contributed by atoms with Crippen molar-refractivity contribution in [3.63, 3.8) is 0 Å². The van der Waals surface area contributed by atoms with Crippen LogP contribution in [-0.2, 0) is 4.79 Å². The van der Waals surface area contributed by atoms with E-state index in [1.165, 1.54) is 17.3 Å². The van der Waals surface area contributed by atoms with Crippen LogP contribution in [0.3, 0.4) is 0 Å². The second-order valence-corrected chi connectivity index (χ2v) is 8.97. The highest BCUT2D eigenvalue weighted by atomic mass is 32.2. The van der Waals surface area contributed by atoms with E-state index < -0.39 is 0 Å². The molecule has 7 heteroatoms. The topological polar surface area (TPSA) is 75.1 Å². The SMILES string of the molecule is CCC(Sc1ncnc2scc(-c3ccc(C)cc3)c12)C(=O)Nc1ccc(O)cc1. The van der Waals surface area contributed by atoms with Crippen LogP contribution in [0.1, 0.15) is 18.9 Å². The van der Waals surface area contributed by atoms with Crippen molar-refractivity contribution in [3.05, 3.63) is 65.8 Å². The maximum atomic E-state index is 12.9. The number of hydrogen-bond acceptors (Lipinski definition) is 6. The van der Waals surface area contributed by atoms with Crippen LogP contribution in [0.5, 0.6) is 5.75 Å². The van der Waals surface area contributed by atoms with Gasteiger partial charge in [0.25, 0.3) is 0 Å². The van der Waals surface area contributed by atoms with E-state index in [-0.39, 0.29) is 16.9 Å². The Labute approximate surface area is 183 Å². The number of amides is 1. The van der Waals surface area contributed by atoms with Gasteiger partial charge in [-0.25, -0.2) is 9.97 Å². The molecule has 152 valence electrons. The molecular formula is C23H21N3O2S2. The Balaban J connectivity index is 1.63. The summed E-state index contributed by atoms with van der Waals surface area (Å²) in [5, 5.41) is 16.0. The number of anilines is 1. The predicted octanol–water partition coefficient (Wildman–Crippen LogP) is 5.88. The van der Waals surface area contributed by atoms with Crippen molar-refractivity contribution in [1.29, 1.82) is 0 Å². The third-order valence-corrected chi connectivity index (χ3v) is 7.00. The van der Waals surface area contributed by atoms with Crippen LogP contribution in [0.25, 0.3) is 21.3 Å². The molecule has 5 nitrogen and oxygen atoms in total. The smallest absolute Gasteiger partial charge is 0.237 e. The summed E-state index contributed by atoms with van der Waals surface area (Å²) in [7, 11) is 0. The third-order valence-electron chi connectivity index (χ3n) is 4.75. The summed E-state index contributed by atoms with van der Waals surface area (Å²) in [5.41, 5.74) is 4.07. The van der Waals surface area contributed by atoms with Gasteiger partial charge in [0.2, 0.25) is 5.91 Å². The molecule has 2 N–H and O–H groups in total. The zero-order valence-corrected chi connectivity index (χ0v) is 18.3. The first-order valence-electron chi connectivity index (χ1n) is 9.61. The summed E-state index contributed by atoms with van der Waals surface area (Å²) in [6, 6.07) is 14.9. The van der Waals surface area contributed by atoms with Crippen molar-refractivity contribution in [1.82, 2.24) is 9.97 Å². The van der Waals surface area contributed by atoms with E-state index in [4.69, 9.17) is 0 Å². The number of carbonyl (C=O) groups is 1. The number of aromatic nitrogens is 2. The van der Waals surface area contributed by atoms with E-state index in [0.29, 0.717) is 12.1 Å². The standard InChI is InChI=1S/C23H21N3O2S2/c1-3-19(21(28)26-16-8-10-17(27)11-9-16)30-23-20-18(12-29-22(20)24-13-25-23)15-6-4-14(2)5-7-15/h4-13,19,27H,3H2,1-2H3,(H,26,28). The maximum absolute atomic E-state index is 12.9. The molecule has 0 saturated carbocycles. The Kier molecular flexibility index (Phi) is 6.01. The second-order valence-electron chi connectivity index (χ2n) is 6.93. The molecule has 0 aliphatic heterocycles. The summed E-state index contributed by atoms with van der Waals surface area (Å²) < 4.78 is 0. The monoisotopic (exact) mass is 435 g/mol. The van der Waals surface area contributed by atoms with Crippen molar-refractivity contribution >= 4 is 44.9 Å². The van der Waals surface area contributed by atoms with Gasteiger partial charge in [0.15, 0.2) is 0 Å². The van der Waals surface area contributed by atoms with Gasteiger partial charge in [-0.15, -0.1) is 11.3 Å². The van der Waals surface area contributed by atoms with Gasteiger partial charge in [0, 0.05) is 16.6 Å². The molecule has 4 rings (SSSR count). The van der Waals surface area contributed by atoms with Crippen LogP contribution >= 0.6 is 23.1 Å². The number of nitrogens with one attached hydrogen (secondary N) is 1. The van der Waals surface area contributed by atoms with Crippen molar-refractivity contribution in [2.24, 2.45) is 0 Å². The summed E-state index contributed by atoms with van der Waals surface area (Å²) in [6.07, 6.45) is 2.22. The van der Waals surface area contributed by atoms with Crippen molar-refractivity contribution in [3.8, 4) is 16.9 Å². The van der Waals surface area contributed by atoms with Gasteiger partial charge in [0.05, 0.1) is 10.6 Å². The summed E-state index contributed by atoms with van der Waals surface area (Å²) in [4.78, 5) is 22.7. The number of thiophene rings is 1. The highest BCUT2D eigenvalue weighted by molar-refractivity contribution is 8.00. The molecule has 0 aliphatic rings. The molecule has 2 aromatic carbocycles. The van der Waals surface area contributed by atoms with Gasteiger partial charge < -0.3 is 10.4 Å². The Morgan fingerprint density at radius 2 is 1.87 bits per heavy atom. The number of phenolic OH excluding ortho intramolecular Hbond substituents is 1. The van der Waals surface area contributed by atoms with Crippen LogP contribution < -0.4 is 5.32 Å². The van der Waals surface area contributed by atoms with Gasteiger partial charge in [-0.2, -0.15) is 0 Å². The van der Waals surface area contributed by atoms with E-state index in [9.17, 15) is 9.90 Å². The van der Waals surface area contributed by atoms with E-state index in [1.807, 2.05) is 6.92 Å². The molecule has 0 bridgehead atoms. The lowest BCUT2D eigenvalue weighted by Gasteiger charge is -2.15. The lowest BCUT2D eigenvalue weighted by molar-refractivity contribution is -0.115. The molecule has 4 aromatic rings. The molecule has 30 heavy (non-hydrogen) atoms. The van der Waals surface area contributed by atoms with Gasteiger partial charge >= 0.3 is 0 Å². The Morgan fingerprint density at radius 1 is 1.13 bits per heavy atom. The van der Waals surface area contributed by atoms with E-state index in [2.05, 4.69) is 51.9 Å². The molecule has 1 unspecified atom stereocenters. The Hall–Kier alpha value is -2.90. The maximum Gasteiger partial charge on any atom is 0.237 e. The van der Waals surface area contributed by atoms with Gasteiger partial charge in [-0.1, -0.05) is 48.5 Å². The zero-order valence-electron chi connectivity index (χ0n) is 16.6. The zero-order chi connectivity index (χ0) is 21.1. The largest absolute Gasteiger partial charge is 0.508 e. The van der Waals surface area contributed by atoms with Crippen LogP contribution in [0.2, 0.25) is 0 Å². The number of nitrogens with zero attached hydrogens (tertiary/aromatic N) is 2. The molecule has 0 saturated heterocycles. The van der Waals surface area contributed by atoms with E-state index >= 15 is 0 Å². The van der Waals surface area contributed by atoms with Gasteiger partial charge in [-0.3, -0.25) is 4.79 Å². The normalized spacial score (nSPS) is 12.1. The molecule has 0 radical (unpaired) electrons. The highest BCUT2D eigenvalue weighted by Gasteiger charge is 2.22. The minimum Gasteiger partial charge on any atom is -0.508 e. The number of aryl methyl sites for hydroxylation is 1. The molecule has 1 atom stereocenters. The number of thioether (sulfide) groups is 1. The summed E-state index contributed by atoms with van der Waals surface area (Å²) >= 11 is 3.04. The summed E-state index contributed by atoms with van der Waals surface area (Å²) in [6.45, 7) is 4.05. The molecule has 2 aromatic heterocycles. The minimum atomic E-state index is -0.303. The van der Waals surface area contributed by atoms with Crippen molar-refractivity contribution in [2.45, 2.75) is 30.5 Å². The van der Waals surface area contributed by atoms with Crippen molar-refractivity contribution in [2.75, 3.05) is 5.32 Å². The molecular weight excluding hydrogens is 414 g/mol. The molecule has 1 amide bonds. The third kappa shape index (κ3) is 4.32. The number of fused-ring (bicyclic) bond motifs is 1.